The highest BCUT2D eigenvalue weighted by Gasteiger charge is 2.13. The van der Waals surface area contributed by atoms with Crippen molar-refractivity contribution in [2.75, 3.05) is 13.7 Å². The summed E-state index contributed by atoms with van der Waals surface area (Å²) in [6.45, 7) is 5.03. The minimum Gasteiger partial charge on any atom is -0.385 e. The number of nitrogens with two attached hydrogens (primary N) is 1. The van der Waals surface area contributed by atoms with Gasteiger partial charge in [-0.2, -0.15) is 0 Å². The lowest BCUT2D eigenvalue weighted by Gasteiger charge is -2.21. The highest BCUT2D eigenvalue weighted by Crippen LogP contribution is 2.11. The van der Waals surface area contributed by atoms with Crippen LogP contribution in [0.1, 0.15) is 33.1 Å². The Hall–Kier alpha value is -0.0800. The normalized spacial score (nSPS) is 16.8. The van der Waals surface area contributed by atoms with Crippen molar-refractivity contribution in [3.63, 3.8) is 0 Å². The fourth-order valence-corrected chi connectivity index (χ4v) is 0.797. The van der Waals surface area contributed by atoms with Gasteiger partial charge in [-0.25, -0.2) is 0 Å². The number of hydrogen-bond donors (Lipinski definition) is 1. The van der Waals surface area contributed by atoms with E-state index in [4.69, 9.17) is 10.5 Å². The summed E-state index contributed by atoms with van der Waals surface area (Å²) in [7, 11) is 1.72. The van der Waals surface area contributed by atoms with Crippen LogP contribution in [-0.2, 0) is 4.74 Å². The third kappa shape index (κ3) is 4.77. The fraction of sp³-hybridized carbons (Fsp3) is 1.00. The SMILES string of the molecule is CCC(C)(N)CCCOC. The summed E-state index contributed by atoms with van der Waals surface area (Å²) in [4.78, 5) is 0. The summed E-state index contributed by atoms with van der Waals surface area (Å²) in [6, 6.07) is 0. The Morgan fingerprint density at radius 2 is 2.10 bits per heavy atom. The summed E-state index contributed by atoms with van der Waals surface area (Å²) in [5, 5.41) is 0. The third-order valence-corrected chi connectivity index (χ3v) is 1.90. The van der Waals surface area contributed by atoms with E-state index >= 15 is 0 Å². The first-order chi connectivity index (χ1) is 4.62. The van der Waals surface area contributed by atoms with Crippen molar-refractivity contribution < 1.29 is 4.74 Å². The molecule has 0 heterocycles. The summed E-state index contributed by atoms with van der Waals surface area (Å²) in [5.74, 6) is 0. The molecule has 0 aliphatic rings. The molecule has 0 aromatic heterocycles. The van der Waals surface area contributed by atoms with E-state index < -0.39 is 0 Å². The van der Waals surface area contributed by atoms with Crippen molar-refractivity contribution in [1.29, 1.82) is 0 Å². The molecule has 2 nitrogen and oxygen atoms in total. The molecule has 0 aromatic carbocycles. The molecule has 2 N–H and O–H groups in total. The van der Waals surface area contributed by atoms with Gasteiger partial charge < -0.3 is 10.5 Å². The van der Waals surface area contributed by atoms with Gasteiger partial charge in [-0.15, -0.1) is 0 Å². The highest BCUT2D eigenvalue weighted by molar-refractivity contribution is 4.75. The molecular weight excluding hydrogens is 126 g/mol. The molecule has 0 rings (SSSR count). The van der Waals surface area contributed by atoms with Crippen LogP contribution in [0.3, 0.4) is 0 Å². The van der Waals surface area contributed by atoms with Crippen LogP contribution in [0.25, 0.3) is 0 Å². The van der Waals surface area contributed by atoms with Crippen molar-refractivity contribution in [3.8, 4) is 0 Å². The average molecular weight is 145 g/mol. The highest BCUT2D eigenvalue weighted by atomic mass is 16.5. The molecule has 0 radical (unpaired) electrons. The van der Waals surface area contributed by atoms with Crippen LogP contribution in [-0.4, -0.2) is 19.3 Å². The lowest BCUT2D eigenvalue weighted by Crippen LogP contribution is -2.35. The van der Waals surface area contributed by atoms with Crippen LogP contribution in [0.5, 0.6) is 0 Å². The number of methoxy groups -OCH3 is 1. The summed E-state index contributed by atoms with van der Waals surface area (Å²) in [6.07, 6.45) is 3.16. The van der Waals surface area contributed by atoms with Gasteiger partial charge in [0.1, 0.15) is 0 Å². The van der Waals surface area contributed by atoms with Gasteiger partial charge in [0, 0.05) is 19.3 Å². The first-order valence-corrected chi connectivity index (χ1v) is 3.90. The van der Waals surface area contributed by atoms with Crippen molar-refractivity contribution >= 4 is 0 Å². The maximum Gasteiger partial charge on any atom is 0.0462 e. The lowest BCUT2D eigenvalue weighted by molar-refractivity contribution is 0.184. The van der Waals surface area contributed by atoms with Crippen LogP contribution in [0, 0.1) is 0 Å². The summed E-state index contributed by atoms with van der Waals surface area (Å²) in [5.41, 5.74) is 5.91. The maximum atomic E-state index is 5.90. The zero-order valence-corrected chi connectivity index (χ0v) is 7.31. The predicted octanol–water partition coefficient (Wildman–Crippen LogP) is 1.54. The molecule has 1 unspecified atom stereocenters. The standard InChI is InChI=1S/C8H19NO/c1-4-8(2,9)6-5-7-10-3/h4-7,9H2,1-3H3. The van der Waals surface area contributed by atoms with Crippen LogP contribution >= 0.6 is 0 Å². The molecule has 0 fully saturated rings. The van der Waals surface area contributed by atoms with Gasteiger partial charge in [-0.3, -0.25) is 0 Å². The summed E-state index contributed by atoms with van der Waals surface area (Å²) < 4.78 is 4.93. The molecule has 1 atom stereocenters. The minimum absolute atomic E-state index is 0.0124. The smallest absolute Gasteiger partial charge is 0.0462 e. The third-order valence-electron chi connectivity index (χ3n) is 1.90. The van der Waals surface area contributed by atoms with Crippen molar-refractivity contribution in [2.24, 2.45) is 5.73 Å². The summed E-state index contributed by atoms with van der Waals surface area (Å²) >= 11 is 0. The fourth-order valence-electron chi connectivity index (χ4n) is 0.797. The van der Waals surface area contributed by atoms with E-state index in [-0.39, 0.29) is 5.54 Å². The Balaban J connectivity index is 3.28. The van der Waals surface area contributed by atoms with E-state index in [1.807, 2.05) is 0 Å². The quantitative estimate of drug-likeness (QED) is 0.595. The van der Waals surface area contributed by atoms with Gasteiger partial charge in [-0.05, 0) is 26.2 Å². The van der Waals surface area contributed by atoms with Crippen molar-refractivity contribution in [2.45, 2.75) is 38.6 Å². The van der Waals surface area contributed by atoms with Crippen LogP contribution in [0.4, 0.5) is 0 Å². The van der Waals surface area contributed by atoms with Gasteiger partial charge in [0.25, 0.3) is 0 Å². The van der Waals surface area contributed by atoms with Crippen LogP contribution in [0.15, 0.2) is 0 Å². The van der Waals surface area contributed by atoms with Gasteiger partial charge in [0.15, 0.2) is 0 Å². The molecule has 0 spiro atoms. The molecule has 0 bridgehead atoms. The molecule has 0 saturated carbocycles. The molecule has 0 saturated heterocycles. The topological polar surface area (TPSA) is 35.2 Å². The Morgan fingerprint density at radius 3 is 2.50 bits per heavy atom. The molecule has 0 aliphatic carbocycles. The molecule has 10 heavy (non-hydrogen) atoms. The van der Waals surface area contributed by atoms with E-state index in [1.165, 1.54) is 0 Å². The van der Waals surface area contributed by atoms with E-state index in [0.29, 0.717) is 0 Å². The number of rotatable bonds is 5. The second-order valence-corrected chi connectivity index (χ2v) is 3.10. The molecule has 0 aliphatic heterocycles. The second-order valence-electron chi connectivity index (χ2n) is 3.10. The second kappa shape index (κ2) is 4.69. The number of ether oxygens (including phenoxy) is 1. The monoisotopic (exact) mass is 145 g/mol. The molecule has 0 aromatic rings. The molecule has 62 valence electrons. The van der Waals surface area contributed by atoms with Gasteiger partial charge in [-0.1, -0.05) is 6.92 Å². The molecule has 0 amide bonds. The average Bonchev–Trinajstić information content (AvgIpc) is 1.89. The van der Waals surface area contributed by atoms with Gasteiger partial charge in [0.2, 0.25) is 0 Å². The zero-order valence-electron chi connectivity index (χ0n) is 7.31. The Kier molecular flexibility index (Phi) is 4.65. The van der Waals surface area contributed by atoms with Crippen molar-refractivity contribution in [1.82, 2.24) is 0 Å². The minimum atomic E-state index is 0.0124. The number of hydrogen-bond acceptors (Lipinski definition) is 2. The van der Waals surface area contributed by atoms with Crippen molar-refractivity contribution in [3.05, 3.63) is 0 Å². The lowest BCUT2D eigenvalue weighted by atomic mass is 9.95. The predicted molar refractivity (Wildman–Crippen MR) is 44.0 cm³/mol. The molecule has 2 heteroatoms. The Morgan fingerprint density at radius 1 is 1.50 bits per heavy atom. The van der Waals surface area contributed by atoms with E-state index in [1.54, 1.807) is 7.11 Å². The molecular formula is C8H19NO. The maximum absolute atomic E-state index is 5.90. The Labute approximate surface area is 63.7 Å². The first kappa shape index (κ1) is 9.92. The van der Waals surface area contributed by atoms with Crippen LogP contribution in [0.2, 0.25) is 0 Å². The Bertz CT molecular complexity index is 81.3. The van der Waals surface area contributed by atoms with E-state index in [0.717, 1.165) is 25.9 Å². The van der Waals surface area contributed by atoms with Gasteiger partial charge in [0.05, 0.1) is 0 Å². The van der Waals surface area contributed by atoms with Crippen LogP contribution < -0.4 is 5.73 Å². The van der Waals surface area contributed by atoms with E-state index in [9.17, 15) is 0 Å². The van der Waals surface area contributed by atoms with Gasteiger partial charge >= 0.3 is 0 Å². The zero-order chi connectivity index (χ0) is 8.04. The van der Waals surface area contributed by atoms with E-state index in [2.05, 4.69) is 13.8 Å². The first-order valence-electron chi connectivity index (χ1n) is 3.90. The largest absolute Gasteiger partial charge is 0.385 e.